The summed E-state index contributed by atoms with van der Waals surface area (Å²) < 4.78 is 7.00. The lowest BCUT2D eigenvalue weighted by atomic mass is 9.91. The molecule has 1 aliphatic carbocycles. The van der Waals surface area contributed by atoms with Gasteiger partial charge in [-0.3, -0.25) is 14.2 Å². The molecule has 0 saturated heterocycles. The fourth-order valence-electron chi connectivity index (χ4n) is 3.90. The Morgan fingerprint density at radius 2 is 2.04 bits per heavy atom. The Labute approximate surface area is 140 Å². The third kappa shape index (κ3) is 2.31. The Kier molecular flexibility index (Phi) is 3.63. The molecule has 1 aromatic carbocycles. The van der Waals surface area contributed by atoms with Gasteiger partial charge in [0.25, 0.3) is 5.56 Å². The molecule has 1 saturated carbocycles. The molecule has 0 unspecified atom stereocenters. The molecule has 1 aromatic heterocycles. The molecule has 24 heavy (non-hydrogen) atoms. The largest absolute Gasteiger partial charge is 0.497 e. The van der Waals surface area contributed by atoms with Crippen LogP contribution < -0.4 is 15.6 Å². The van der Waals surface area contributed by atoms with Gasteiger partial charge in [0, 0.05) is 17.7 Å². The van der Waals surface area contributed by atoms with Crippen LogP contribution in [0.25, 0.3) is 0 Å². The molecule has 0 amide bonds. The fraction of sp³-hybridized carbons (Fsp3) is 0.368. The van der Waals surface area contributed by atoms with E-state index in [1.807, 2.05) is 6.07 Å². The van der Waals surface area contributed by atoms with Gasteiger partial charge in [-0.1, -0.05) is 25.0 Å². The number of hydrogen-bond donors (Lipinski definition) is 1. The molecular formula is C19H20N2O3. The van der Waals surface area contributed by atoms with Crippen LogP contribution in [0.1, 0.15) is 47.6 Å². The van der Waals surface area contributed by atoms with Crippen LogP contribution >= 0.6 is 0 Å². The summed E-state index contributed by atoms with van der Waals surface area (Å²) in [5.74, 6) is 1.23. The molecule has 2 heterocycles. The van der Waals surface area contributed by atoms with Crippen LogP contribution in [0.3, 0.4) is 0 Å². The molecule has 1 N–H and O–H groups in total. The number of ketones is 1. The van der Waals surface area contributed by atoms with Crippen molar-refractivity contribution in [3.8, 4) is 5.75 Å². The highest BCUT2D eigenvalue weighted by molar-refractivity contribution is 6.12. The lowest BCUT2D eigenvalue weighted by Gasteiger charge is -2.25. The van der Waals surface area contributed by atoms with E-state index < -0.39 is 0 Å². The van der Waals surface area contributed by atoms with E-state index in [1.54, 1.807) is 35.9 Å². The number of carbonyl (C=O) groups excluding carboxylic acids is 1. The van der Waals surface area contributed by atoms with Crippen molar-refractivity contribution in [1.29, 1.82) is 0 Å². The molecular weight excluding hydrogens is 304 g/mol. The zero-order valence-corrected chi connectivity index (χ0v) is 13.6. The molecule has 2 aliphatic rings. The highest BCUT2D eigenvalue weighted by atomic mass is 16.5. The van der Waals surface area contributed by atoms with Crippen molar-refractivity contribution in [2.75, 3.05) is 12.4 Å². The number of ether oxygens (including phenoxy) is 1. The molecule has 2 aromatic rings. The van der Waals surface area contributed by atoms with Gasteiger partial charge in [-0.2, -0.15) is 0 Å². The minimum atomic E-state index is -0.0937. The SMILES string of the molecule is COc1cccc(C(=O)c2ccc(=O)n3c2N[C@@H]2CCCC[C@@H]23)c1. The van der Waals surface area contributed by atoms with Crippen LogP contribution in [0.15, 0.2) is 41.2 Å². The second-order valence-electron chi connectivity index (χ2n) is 6.47. The molecule has 5 heteroatoms. The van der Waals surface area contributed by atoms with Gasteiger partial charge in [0.15, 0.2) is 5.78 Å². The van der Waals surface area contributed by atoms with Gasteiger partial charge in [-0.05, 0) is 31.0 Å². The standard InChI is InChI=1S/C19H20N2O3/c1-24-13-6-4-5-12(11-13)18(23)14-9-10-17(22)21-16-8-3-2-7-15(16)20-19(14)21/h4-6,9-11,15-16,20H,2-3,7-8H2,1H3/t15-,16+/m1/s1. The Hall–Kier alpha value is -2.56. The molecule has 0 bridgehead atoms. The topological polar surface area (TPSA) is 60.3 Å². The first-order valence-electron chi connectivity index (χ1n) is 8.40. The van der Waals surface area contributed by atoms with Crippen molar-refractivity contribution in [2.45, 2.75) is 37.8 Å². The molecule has 1 aliphatic heterocycles. The Morgan fingerprint density at radius 1 is 1.21 bits per heavy atom. The van der Waals surface area contributed by atoms with Crippen LogP contribution in [0.2, 0.25) is 0 Å². The smallest absolute Gasteiger partial charge is 0.252 e. The number of carbonyl (C=O) groups is 1. The number of pyridine rings is 1. The second-order valence-corrected chi connectivity index (χ2v) is 6.47. The normalized spacial score (nSPS) is 21.5. The summed E-state index contributed by atoms with van der Waals surface area (Å²) in [5.41, 5.74) is 1.08. The highest BCUT2D eigenvalue weighted by Crippen LogP contribution is 2.38. The van der Waals surface area contributed by atoms with E-state index in [1.165, 1.54) is 6.07 Å². The second kappa shape index (κ2) is 5.82. The predicted molar refractivity (Wildman–Crippen MR) is 92.0 cm³/mol. The first kappa shape index (κ1) is 15.0. The quantitative estimate of drug-likeness (QED) is 0.882. The number of benzene rings is 1. The number of rotatable bonds is 3. The molecule has 2 atom stereocenters. The average Bonchev–Trinajstić information content (AvgIpc) is 3.02. The van der Waals surface area contributed by atoms with E-state index in [4.69, 9.17) is 4.74 Å². The Morgan fingerprint density at radius 3 is 2.88 bits per heavy atom. The fourth-order valence-corrected chi connectivity index (χ4v) is 3.90. The third-order valence-electron chi connectivity index (χ3n) is 5.09. The highest BCUT2D eigenvalue weighted by Gasteiger charge is 2.36. The number of methoxy groups -OCH3 is 1. The van der Waals surface area contributed by atoms with Gasteiger partial charge in [0.05, 0.1) is 18.7 Å². The molecule has 0 spiro atoms. The van der Waals surface area contributed by atoms with E-state index >= 15 is 0 Å². The van der Waals surface area contributed by atoms with Crippen LogP contribution in [0, 0.1) is 0 Å². The van der Waals surface area contributed by atoms with Crippen molar-refractivity contribution in [3.63, 3.8) is 0 Å². The average molecular weight is 324 g/mol. The molecule has 1 fully saturated rings. The molecule has 124 valence electrons. The van der Waals surface area contributed by atoms with Gasteiger partial charge in [-0.15, -0.1) is 0 Å². The van der Waals surface area contributed by atoms with E-state index in [2.05, 4.69) is 5.32 Å². The Bertz CT molecular complexity index is 856. The lowest BCUT2D eigenvalue weighted by molar-refractivity contribution is 0.103. The van der Waals surface area contributed by atoms with E-state index in [0.29, 0.717) is 22.7 Å². The summed E-state index contributed by atoms with van der Waals surface area (Å²) >= 11 is 0. The number of fused-ring (bicyclic) bond motifs is 3. The maximum atomic E-state index is 13.0. The zero-order chi connectivity index (χ0) is 16.7. The predicted octanol–water partition coefficient (Wildman–Crippen LogP) is 3.00. The van der Waals surface area contributed by atoms with Crippen LogP contribution in [-0.2, 0) is 0 Å². The monoisotopic (exact) mass is 324 g/mol. The van der Waals surface area contributed by atoms with Gasteiger partial charge in [0.1, 0.15) is 11.6 Å². The van der Waals surface area contributed by atoms with E-state index in [0.717, 1.165) is 25.7 Å². The summed E-state index contributed by atoms with van der Waals surface area (Å²) in [6, 6.07) is 10.7. The maximum absolute atomic E-state index is 13.0. The van der Waals surface area contributed by atoms with Crippen molar-refractivity contribution in [3.05, 3.63) is 57.9 Å². The summed E-state index contributed by atoms with van der Waals surface area (Å²) in [6.45, 7) is 0. The zero-order valence-electron chi connectivity index (χ0n) is 13.6. The number of hydrogen-bond acceptors (Lipinski definition) is 4. The Balaban J connectivity index is 1.79. The van der Waals surface area contributed by atoms with Crippen molar-refractivity contribution in [2.24, 2.45) is 0 Å². The first-order chi connectivity index (χ1) is 11.7. The summed E-state index contributed by atoms with van der Waals surface area (Å²) in [5, 5.41) is 3.44. The lowest BCUT2D eigenvalue weighted by Crippen LogP contribution is -2.29. The van der Waals surface area contributed by atoms with E-state index in [-0.39, 0.29) is 23.4 Å². The minimum absolute atomic E-state index is 0.0332. The van der Waals surface area contributed by atoms with Gasteiger partial charge >= 0.3 is 0 Å². The summed E-state index contributed by atoms with van der Waals surface area (Å²) in [6.07, 6.45) is 4.32. The van der Waals surface area contributed by atoms with Gasteiger partial charge < -0.3 is 10.1 Å². The van der Waals surface area contributed by atoms with Crippen molar-refractivity contribution >= 4 is 11.6 Å². The number of aromatic nitrogens is 1. The number of nitrogens with one attached hydrogen (secondary N) is 1. The maximum Gasteiger partial charge on any atom is 0.252 e. The summed E-state index contributed by atoms with van der Waals surface area (Å²) in [7, 11) is 1.58. The van der Waals surface area contributed by atoms with Gasteiger partial charge in [-0.25, -0.2) is 0 Å². The number of nitrogens with zero attached hydrogens (tertiary/aromatic N) is 1. The van der Waals surface area contributed by atoms with E-state index in [9.17, 15) is 9.59 Å². The summed E-state index contributed by atoms with van der Waals surface area (Å²) in [4.78, 5) is 25.3. The molecule has 4 rings (SSSR count). The van der Waals surface area contributed by atoms with Crippen molar-refractivity contribution < 1.29 is 9.53 Å². The minimum Gasteiger partial charge on any atom is -0.497 e. The molecule has 0 radical (unpaired) electrons. The van der Waals surface area contributed by atoms with Crippen molar-refractivity contribution in [1.82, 2.24) is 4.57 Å². The molecule has 5 nitrogen and oxygen atoms in total. The number of anilines is 1. The van der Waals surface area contributed by atoms with Crippen LogP contribution in [0.4, 0.5) is 5.82 Å². The first-order valence-corrected chi connectivity index (χ1v) is 8.40. The van der Waals surface area contributed by atoms with Crippen LogP contribution in [0.5, 0.6) is 5.75 Å². The van der Waals surface area contributed by atoms with Gasteiger partial charge in [0.2, 0.25) is 0 Å². The van der Waals surface area contributed by atoms with Crippen LogP contribution in [-0.4, -0.2) is 23.5 Å². The third-order valence-corrected chi connectivity index (χ3v) is 5.09.